The van der Waals surface area contributed by atoms with Gasteiger partial charge in [0.15, 0.2) is 0 Å². The fourth-order valence-corrected chi connectivity index (χ4v) is 2.54. The van der Waals surface area contributed by atoms with Crippen molar-refractivity contribution in [1.82, 2.24) is 0 Å². The van der Waals surface area contributed by atoms with E-state index in [2.05, 4.69) is 35.1 Å². The number of benzene rings is 1. The minimum atomic E-state index is -0.199. The summed E-state index contributed by atoms with van der Waals surface area (Å²) in [6.45, 7) is 6.36. The first-order chi connectivity index (χ1) is 9.04. The van der Waals surface area contributed by atoms with Gasteiger partial charge in [-0.25, -0.2) is 4.39 Å². The third-order valence-electron chi connectivity index (χ3n) is 3.41. The van der Waals surface area contributed by atoms with Crippen LogP contribution in [0.15, 0.2) is 16.6 Å². The second kappa shape index (κ2) is 8.57. The van der Waals surface area contributed by atoms with Gasteiger partial charge in [-0.2, -0.15) is 0 Å². The molecule has 0 fully saturated rings. The fourth-order valence-electron chi connectivity index (χ4n) is 2.19. The van der Waals surface area contributed by atoms with Crippen molar-refractivity contribution in [2.45, 2.75) is 65.3 Å². The zero-order chi connectivity index (χ0) is 14.3. The summed E-state index contributed by atoms with van der Waals surface area (Å²) in [6, 6.07) is 3.83. The van der Waals surface area contributed by atoms with Gasteiger partial charge in [-0.05, 0) is 53.9 Å². The molecule has 0 aliphatic carbocycles. The SMILES string of the molecule is CCCCCCCC(C)Nc1cc(Br)c(F)cc1C. The maximum Gasteiger partial charge on any atom is 0.137 e. The molecule has 1 aromatic carbocycles. The zero-order valence-electron chi connectivity index (χ0n) is 12.2. The minimum absolute atomic E-state index is 0.199. The van der Waals surface area contributed by atoms with Crippen LogP contribution in [0.1, 0.15) is 57.9 Å². The molecule has 0 aliphatic rings. The van der Waals surface area contributed by atoms with Crippen LogP contribution in [0.5, 0.6) is 0 Å². The van der Waals surface area contributed by atoms with Crippen LogP contribution in [0.25, 0.3) is 0 Å². The molecule has 1 nitrogen and oxygen atoms in total. The number of rotatable bonds is 8. The lowest BCUT2D eigenvalue weighted by Crippen LogP contribution is -2.15. The summed E-state index contributed by atoms with van der Waals surface area (Å²) in [5, 5.41) is 3.47. The molecule has 1 aromatic rings. The highest BCUT2D eigenvalue weighted by atomic mass is 79.9. The topological polar surface area (TPSA) is 12.0 Å². The molecule has 1 unspecified atom stereocenters. The maximum absolute atomic E-state index is 13.3. The van der Waals surface area contributed by atoms with Gasteiger partial charge in [-0.3, -0.25) is 0 Å². The number of aryl methyl sites for hydroxylation is 1. The predicted molar refractivity (Wildman–Crippen MR) is 85.3 cm³/mol. The van der Waals surface area contributed by atoms with Crippen LogP contribution in [0.2, 0.25) is 0 Å². The summed E-state index contributed by atoms with van der Waals surface area (Å²) in [5.41, 5.74) is 1.98. The van der Waals surface area contributed by atoms with E-state index in [4.69, 9.17) is 0 Å². The van der Waals surface area contributed by atoms with Crippen molar-refractivity contribution in [3.05, 3.63) is 28.0 Å². The molecule has 1 N–H and O–H groups in total. The van der Waals surface area contributed by atoms with Crippen molar-refractivity contribution in [3.63, 3.8) is 0 Å². The van der Waals surface area contributed by atoms with Crippen LogP contribution in [-0.4, -0.2) is 6.04 Å². The minimum Gasteiger partial charge on any atom is -0.382 e. The third kappa shape index (κ3) is 5.94. The van der Waals surface area contributed by atoms with Crippen molar-refractivity contribution in [2.75, 3.05) is 5.32 Å². The fraction of sp³-hybridized carbons (Fsp3) is 0.625. The highest BCUT2D eigenvalue weighted by Crippen LogP contribution is 2.25. The Morgan fingerprint density at radius 3 is 2.58 bits per heavy atom. The van der Waals surface area contributed by atoms with E-state index in [0.29, 0.717) is 10.5 Å². The van der Waals surface area contributed by atoms with Gasteiger partial charge in [0.2, 0.25) is 0 Å². The molecule has 108 valence electrons. The van der Waals surface area contributed by atoms with Crippen LogP contribution < -0.4 is 5.32 Å². The number of unbranched alkanes of at least 4 members (excludes halogenated alkanes) is 4. The largest absolute Gasteiger partial charge is 0.382 e. The van der Waals surface area contributed by atoms with Gasteiger partial charge in [0.1, 0.15) is 5.82 Å². The maximum atomic E-state index is 13.3. The Hall–Kier alpha value is -0.570. The summed E-state index contributed by atoms with van der Waals surface area (Å²) in [5.74, 6) is -0.199. The lowest BCUT2D eigenvalue weighted by molar-refractivity contribution is 0.578. The Kier molecular flexibility index (Phi) is 7.44. The van der Waals surface area contributed by atoms with Gasteiger partial charge in [-0.15, -0.1) is 0 Å². The highest BCUT2D eigenvalue weighted by molar-refractivity contribution is 9.10. The molecule has 0 spiro atoms. The van der Waals surface area contributed by atoms with E-state index in [1.54, 1.807) is 6.07 Å². The number of hydrogen-bond donors (Lipinski definition) is 1. The van der Waals surface area contributed by atoms with Crippen LogP contribution in [0.4, 0.5) is 10.1 Å². The number of anilines is 1. The molecule has 0 bridgehead atoms. The zero-order valence-corrected chi connectivity index (χ0v) is 13.8. The molecule has 0 saturated heterocycles. The monoisotopic (exact) mass is 329 g/mol. The third-order valence-corrected chi connectivity index (χ3v) is 4.02. The molecule has 3 heteroatoms. The smallest absolute Gasteiger partial charge is 0.137 e. The van der Waals surface area contributed by atoms with Gasteiger partial charge in [-0.1, -0.05) is 39.0 Å². The molecule has 0 saturated carbocycles. The molecule has 0 radical (unpaired) electrons. The normalized spacial score (nSPS) is 12.5. The van der Waals surface area contributed by atoms with Crippen molar-refractivity contribution in [3.8, 4) is 0 Å². The van der Waals surface area contributed by atoms with Crippen molar-refractivity contribution >= 4 is 21.6 Å². The van der Waals surface area contributed by atoms with E-state index >= 15 is 0 Å². The van der Waals surface area contributed by atoms with Crippen molar-refractivity contribution < 1.29 is 4.39 Å². The van der Waals surface area contributed by atoms with Gasteiger partial charge in [0.25, 0.3) is 0 Å². The van der Waals surface area contributed by atoms with Gasteiger partial charge >= 0.3 is 0 Å². The Balaban J connectivity index is 2.40. The molecule has 19 heavy (non-hydrogen) atoms. The first-order valence-electron chi connectivity index (χ1n) is 7.26. The van der Waals surface area contributed by atoms with Crippen LogP contribution in [-0.2, 0) is 0 Å². The van der Waals surface area contributed by atoms with Gasteiger partial charge in [0, 0.05) is 11.7 Å². The molecule has 0 heterocycles. The summed E-state index contributed by atoms with van der Waals surface area (Å²) in [7, 11) is 0. The van der Waals surface area contributed by atoms with E-state index in [9.17, 15) is 4.39 Å². The molecular weight excluding hydrogens is 305 g/mol. The number of hydrogen-bond acceptors (Lipinski definition) is 1. The first-order valence-corrected chi connectivity index (χ1v) is 8.06. The Morgan fingerprint density at radius 1 is 1.21 bits per heavy atom. The Labute approximate surface area is 125 Å². The van der Waals surface area contributed by atoms with Crippen LogP contribution in [0.3, 0.4) is 0 Å². The second-order valence-electron chi connectivity index (χ2n) is 5.33. The molecule has 0 amide bonds. The van der Waals surface area contributed by atoms with E-state index < -0.39 is 0 Å². The summed E-state index contributed by atoms with van der Waals surface area (Å²) in [4.78, 5) is 0. The summed E-state index contributed by atoms with van der Waals surface area (Å²) < 4.78 is 13.9. The molecular formula is C16H25BrFN. The summed E-state index contributed by atoms with van der Waals surface area (Å²) in [6.07, 6.45) is 7.70. The number of halogens is 2. The Morgan fingerprint density at radius 2 is 1.89 bits per heavy atom. The van der Waals surface area contributed by atoms with Gasteiger partial charge in [0.05, 0.1) is 4.47 Å². The number of nitrogens with one attached hydrogen (secondary N) is 1. The molecule has 0 aromatic heterocycles. The van der Waals surface area contributed by atoms with E-state index in [-0.39, 0.29) is 5.82 Å². The second-order valence-corrected chi connectivity index (χ2v) is 6.18. The Bertz CT molecular complexity index is 393. The van der Waals surface area contributed by atoms with E-state index in [0.717, 1.165) is 17.7 Å². The standard InChI is InChI=1S/C16H25BrFN/c1-4-5-6-7-8-9-13(3)19-16-11-14(17)15(18)10-12(16)2/h10-11,13,19H,4-9H2,1-3H3. The quantitative estimate of drug-likeness (QED) is 0.572. The first kappa shape index (κ1) is 16.5. The average Bonchev–Trinajstić information content (AvgIpc) is 2.35. The molecule has 1 rings (SSSR count). The van der Waals surface area contributed by atoms with Crippen molar-refractivity contribution in [2.24, 2.45) is 0 Å². The summed E-state index contributed by atoms with van der Waals surface area (Å²) >= 11 is 3.24. The molecule has 0 aliphatic heterocycles. The molecule has 1 atom stereocenters. The lowest BCUT2D eigenvalue weighted by atomic mass is 10.1. The lowest BCUT2D eigenvalue weighted by Gasteiger charge is -2.17. The predicted octanol–water partition coefficient (Wildman–Crippen LogP) is 6.06. The average molecular weight is 330 g/mol. The van der Waals surface area contributed by atoms with Crippen LogP contribution in [0, 0.1) is 12.7 Å². The van der Waals surface area contributed by atoms with Crippen molar-refractivity contribution in [1.29, 1.82) is 0 Å². The highest BCUT2D eigenvalue weighted by Gasteiger charge is 2.08. The van der Waals surface area contributed by atoms with E-state index in [1.165, 1.54) is 32.1 Å². The van der Waals surface area contributed by atoms with Gasteiger partial charge < -0.3 is 5.32 Å². The van der Waals surface area contributed by atoms with E-state index in [1.807, 2.05) is 13.0 Å². The van der Waals surface area contributed by atoms with Crippen LogP contribution >= 0.6 is 15.9 Å².